The Balaban J connectivity index is 1.11. The first-order valence-electron chi connectivity index (χ1n) is 10.3. The highest BCUT2D eigenvalue weighted by Crippen LogP contribution is 2.20. The number of hydrogen-bond donors (Lipinski definition) is 2. The zero-order valence-electron chi connectivity index (χ0n) is 17.6. The van der Waals surface area contributed by atoms with Crippen LogP contribution in [0.25, 0.3) is 0 Å². The van der Waals surface area contributed by atoms with Crippen molar-refractivity contribution in [3.05, 3.63) is 46.9 Å². The summed E-state index contributed by atoms with van der Waals surface area (Å²) >= 11 is 2.78. The van der Waals surface area contributed by atoms with Gasteiger partial charge < -0.3 is 0 Å². The molecule has 172 valence electrons. The van der Waals surface area contributed by atoms with Gasteiger partial charge in [0.05, 0.1) is 0 Å². The van der Waals surface area contributed by atoms with Crippen molar-refractivity contribution in [2.75, 3.05) is 10.6 Å². The molecule has 0 bridgehead atoms. The number of aryl methyl sites for hydroxylation is 2. The van der Waals surface area contributed by atoms with Gasteiger partial charge in [-0.05, 0) is 25.0 Å². The number of nitrogens with one attached hydrogen (secondary N) is 2. The molecule has 0 aliphatic heterocycles. The highest BCUT2D eigenvalue weighted by Gasteiger charge is 2.10. The first-order chi connectivity index (χ1) is 16.1. The summed E-state index contributed by atoms with van der Waals surface area (Å²) in [6, 6.07) is 3.53. The molecule has 0 saturated heterocycles. The molecule has 0 atom stereocenters. The largest absolute Gasteiger partial charge is 0.299 e. The van der Waals surface area contributed by atoms with E-state index in [0.29, 0.717) is 10.3 Å². The summed E-state index contributed by atoms with van der Waals surface area (Å²) in [5.41, 5.74) is 0. The average molecular weight is 487 g/mol. The molecule has 0 aliphatic carbocycles. The monoisotopic (exact) mass is 486 g/mol. The minimum atomic E-state index is -0.185. The standard InChI is InChI=1S/C19H22N10O2S2/c30-14(12-28-10-4-8-20-28)22-18-26-24-16(32-18)6-2-1-3-7-17-25-27-19(33-17)23-15(31)13-29-11-5-9-21-29/h4-5,8-11H,1-3,6-7,12-13H2,(H,22,26,30)(H,23,27,31). The Morgan fingerprint density at radius 3 is 1.64 bits per heavy atom. The lowest BCUT2D eigenvalue weighted by molar-refractivity contribution is -0.117. The van der Waals surface area contributed by atoms with Crippen LogP contribution in [-0.4, -0.2) is 51.8 Å². The van der Waals surface area contributed by atoms with E-state index >= 15 is 0 Å². The Labute approximate surface area is 197 Å². The van der Waals surface area contributed by atoms with Crippen LogP contribution in [0.2, 0.25) is 0 Å². The number of nitrogens with zero attached hydrogens (tertiary/aromatic N) is 8. The van der Waals surface area contributed by atoms with Crippen LogP contribution in [-0.2, 0) is 35.5 Å². The lowest BCUT2D eigenvalue weighted by Gasteiger charge is -2.00. The van der Waals surface area contributed by atoms with E-state index in [1.807, 2.05) is 0 Å². The molecule has 0 saturated carbocycles. The zero-order valence-corrected chi connectivity index (χ0v) is 19.3. The van der Waals surface area contributed by atoms with Gasteiger partial charge in [0.2, 0.25) is 22.1 Å². The molecule has 0 fully saturated rings. The predicted molar refractivity (Wildman–Crippen MR) is 123 cm³/mol. The summed E-state index contributed by atoms with van der Waals surface area (Å²) < 4.78 is 3.10. The van der Waals surface area contributed by atoms with Gasteiger partial charge in [0.1, 0.15) is 23.1 Å². The second-order valence-electron chi connectivity index (χ2n) is 7.07. The highest BCUT2D eigenvalue weighted by atomic mass is 32.1. The number of hydrogen-bond acceptors (Lipinski definition) is 10. The Morgan fingerprint density at radius 2 is 1.21 bits per heavy atom. The Hall–Kier alpha value is -3.52. The molecule has 0 unspecified atom stereocenters. The number of unbranched alkanes of at least 4 members (excludes halogenated alkanes) is 2. The molecule has 33 heavy (non-hydrogen) atoms. The van der Waals surface area contributed by atoms with Gasteiger partial charge >= 0.3 is 0 Å². The van der Waals surface area contributed by atoms with E-state index in [2.05, 4.69) is 41.2 Å². The van der Waals surface area contributed by atoms with Crippen LogP contribution in [0.5, 0.6) is 0 Å². The van der Waals surface area contributed by atoms with Gasteiger partial charge in [-0.3, -0.25) is 29.6 Å². The Morgan fingerprint density at radius 1 is 0.727 bits per heavy atom. The second-order valence-corrected chi connectivity index (χ2v) is 9.19. The van der Waals surface area contributed by atoms with Gasteiger partial charge in [-0.25, -0.2) is 0 Å². The third-order valence-corrected chi connectivity index (χ3v) is 6.23. The number of carbonyl (C=O) groups is 2. The maximum atomic E-state index is 12.0. The Bertz CT molecular complexity index is 1060. The van der Waals surface area contributed by atoms with E-state index in [9.17, 15) is 9.59 Å². The first-order valence-corrected chi connectivity index (χ1v) is 12.0. The maximum Gasteiger partial charge on any atom is 0.247 e. The number of carbonyl (C=O) groups excluding carboxylic acids is 2. The van der Waals surface area contributed by atoms with Gasteiger partial charge in [-0.15, -0.1) is 20.4 Å². The number of rotatable bonds is 12. The van der Waals surface area contributed by atoms with Crippen molar-refractivity contribution in [3.63, 3.8) is 0 Å². The lowest BCUT2D eigenvalue weighted by Crippen LogP contribution is -2.18. The van der Waals surface area contributed by atoms with Crippen molar-refractivity contribution in [1.82, 2.24) is 40.0 Å². The summed E-state index contributed by atoms with van der Waals surface area (Å²) in [6.45, 7) is 0.284. The van der Waals surface area contributed by atoms with Crippen LogP contribution >= 0.6 is 22.7 Å². The van der Waals surface area contributed by atoms with Crippen LogP contribution in [0.15, 0.2) is 36.9 Å². The fraction of sp³-hybridized carbons (Fsp3) is 0.368. The van der Waals surface area contributed by atoms with Crippen LogP contribution in [0.1, 0.15) is 29.3 Å². The topological polar surface area (TPSA) is 145 Å². The van der Waals surface area contributed by atoms with Crippen molar-refractivity contribution in [3.8, 4) is 0 Å². The number of aromatic nitrogens is 8. The van der Waals surface area contributed by atoms with E-state index in [1.54, 1.807) is 46.3 Å². The minimum Gasteiger partial charge on any atom is -0.299 e. The van der Waals surface area contributed by atoms with Crippen molar-refractivity contribution < 1.29 is 9.59 Å². The molecule has 12 nitrogen and oxygen atoms in total. The van der Waals surface area contributed by atoms with E-state index in [4.69, 9.17) is 0 Å². The second kappa shape index (κ2) is 11.4. The van der Waals surface area contributed by atoms with E-state index in [1.165, 1.54) is 22.7 Å². The molecule has 4 heterocycles. The SMILES string of the molecule is O=C(Cn1cccn1)Nc1nnc(CCCCCc2nnc(NC(=O)Cn3cccn3)s2)s1. The molecule has 4 aromatic heterocycles. The fourth-order valence-corrected chi connectivity index (χ4v) is 4.53. The van der Waals surface area contributed by atoms with Crippen LogP contribution in [0.3, 0.4) is 0 Å². The fourth-order valence-electron chi connectivity index (χ4n) is 2.94. The molecule has 0 radical (unpaired) electrons. The van der Waals surface area contributed by atoms with Crippen LogP contribution < -0.4 is 10.6 Å². The number of anilines is 2. The van der Waals surface area contributed by atoms with Crippen LogP contribution in [0.4, 0.5) is 10.3 Å². The molecule has 0 aliphatic rings. The molecular weight excluding hydrogens is 464 g/mol. The molecular formula is C19H22N10O2S2. The van der Waals surface area contributed by atoms with Gasteiger partial charge in [-0.2, -0.15) is 10.2 Å². The third kappa shape index (κ3) is 7.25. The number of amides is 2. The summed E-state index contributed by atoms with van der Waals surface area (Å²) in [7, 11) is 0. The Kier molecular flexibility index (Phi) is 7.81. The minimum absolute atomic E-state index is 0.142. The summed E-state index contributed by atoms with van der Waals surface area (Å²) in [4.78, 5) is 24.0. The van der Waals surface area contributed by atoms with E-state index < -0.39 is 0 Å². The van der Waals surface area contributed by atoms with Gasteiger partial charge in [0.15, 0.2) is 0 Å². The maximum absolute atomic E-state index is 12.0. The lowest BCUT2D eigenvalue weighted by atomic mass is 10.1. The van der Waals surface area contributed by atoms with Gasteiger partial charge in [-0.1, -0.05) is 29.1 Å². The zero-order chi connectivity index (χ0) is 22.9. The van der Waals surface area contributed by atoms with Crippen molar-refractivity contribution in [1.29, 1.82) is 0 Å². The third-order valence-electron chi connectivity index (χ3n) is 4.44. The normalized spacial score (nSPS) is 10.9. The quantitative estimate of drug-likeness (QED) is 0.289. The predicted octanol–water partition coefficient (Wildman–Crippen LogP) is 2.02. The molecule has 0 aromatic carbocycles. The summed E-state index contributed by atoms with van der Waals surface area (Å²) in [5, 5.41) is 32.6. The van der Waals surface area contributed by atoms with Gasteiger partial charge in [0.25, 0.3) is 0 Å². The molecule has 4 aromatic rings. The van der Waals surface area contributed by atoms with Crippen molar-refractivity contribution in [2.24, 2.45) is 0 Å². The average Bonchev–Trinajstić information content (AvgIpc) is 3.57. The van der Waals surface area contributed by atoms with Crippen LogP contribution in [0, 0.1) is 0 Å². The first kappa shape index (κ1) is 22.7. The van der Waals surface area contributed by atoms with Crippen molar-refractivity contribution >= 4 is 44.8 Å². The molecule has 4 rings (SSSR count). The van der Waals surface area contributed by atoms with Gasteiger partial charge in [0, 0.05) is 37.6 Å². The highest BCUT2D eigenvalue weighted by molar-refractivity contribution is 7.15. The summed E-state index contributed by atoms with van der Waals surface area (Å²) in [5.74, 6) is -0.370. The van der Waals surface area contributed by atoms with E-state index in [0.717, 1.165) is 42.1 Å². The molecule has 2 amide bonds. The molecule has 2 N–H and O–H groups in total. The molecule has 0 spiro atoms. The van der Waals surface area contributed by atoms with E-state index in [-0.39, 0.29) is 24.9 Å². The molecule has 14 heteroatoms. The summed E-state index contributed by atoms with van der Waals surface area (Å²) in [6.07, 6.45) is 11.2. The smallest absolute Gasteiger partial charge is 0.247 e. The van der Waals surface area contributed by atoms with Crippen molar-refractivity contribution in [2.45, 2.75) is 45.2 Å².